The van der Waals surface area contributed by atoms with Crippen LogP contribution in [0.2, 0.25) is 0 Å². The largest absolute Gasteiger partial charge is 0.334 e. The molecule has 1 fully saturated rings. The molecule has 1 atom stereocenters. The summed E-state index contributed by atoms with van der Waals surface area (Å²) < 4.78 is 2.00. The Bertz CT molecular complexity index is 680. The number of hydrogen-bond donors (Lipinski definition) is 0. The summed E-state index contributed by atoms with van der Waals surface area (Å²) in [6, 6.07) is 8.17. The fraction of sp³-hybridized carbons (Fsp3) is 0.526. The molecular weight excluding hydrogens is 300 g/mol. The van der Waals surface area contributed by atoms with Crippen molar-refractivity contribution in [1.82, 2.24) is 19.7 Å². The predicted octanol–water partition coefficient (Wildman–Crippen LogP) is 3.43. The number of aromatic nitrogens is 3. The van der Waals surface area contributed by atoms with Crippen molar-refractivity contribution in [3.05, 3.63) is 47.5 Å². The molecule has 5 nitrogen and oxygen atoms in total. The van der Waals surface area contributed by atoms with Gasteiger partial charge in [0.2, 0.25) is 5.91 Å². The number of pyridine rings is 1. The average molecular weight is 326 g/mol. The molecule has 3 rings (SSSR count). The lowest BCUT2D eigenvalue weighted by atomic mass is 9.98. The quantitative estimate of drug-likeness (QED) is 0.846. The summed E-state index contributed by atoms with van der Waals surface area (Å²) in [5.41, 5.74) is 3.21. The van der Waals surface area contributed by atoms with Gasteiger partial charge in [-0.2, -0.15) is 5.10 Å². The van der Waals surface area contributed by atoms with Crippen LogP contribution in [0.1, 0.15) is 55.2 Å². The van der Waals surface area contributed by atoms with Crippen molar-refractivity contribution in [2.45, 2.75) is 58.5 Å². The number of piperidine rings is 1. The summed E-state index contributed by atoms with van der Waals surface area (Å²) in [6.45, 7) is 5.71. The Morgan fingerprint density at radius 3 is 2.88 bits per heavy atom. The van der Waals surface area contributed by atoms with Gasteiger partial charge in [0.1, 0.15) is 0 Å². The first kappa shape index (κ1) is 16.7. The van der Waals surface area contributed by atoms with E-state index >= 15 is 0 Å². The van der Waals surface area contributed by atoms with Gasteiger partial charge in [-0.1, -0.05) is 6.07 Å². The van der Waals surface area contributed by atoms with E-state index in [2.05, 4.69) is 23.1 Å². The Morgan fingerprint density at radius 2 is 2.17 bits per heavy atom. The van der Waals surface area contributed by atoms with E-state index in [0.717, 1.165) is 55.9 Å². The molecule has 5 heteroatoms. The predicted molar refractivity (Wildman–Crippen MR) is 93.5 cm³/mol. The van der Waals surface area contributed by atoms with E-state index in [1.54, 1.807) is 0 Å². The number of likely N-dealkylation sites (tertiary alicyclic amines) is 1. The lowest BCUT2D eigenvalue weighted by Gasteiger charge is -2.35. The van der Waals surface area contributed by atoms with Crippen molar-refractivity contribution in [3.8, 4) is 0 Å². The second-order valence-electron chi connectivity index (χ2n) is 6.61. The van der Waals surface area contributed by atoms with Gasteiger partial charge < -0.3 is 4.90 Å². The monoisotopic (exact) mass is 326 g/mol. The van der Waals surface area contributed by atoms with Crippen LogP contribution in [0.25, 0.3) is 0 Å². The molecule has 0 radical (unpaired) electrons. The van der Waals surface area contributed by atoms with E-state index in [4.69, 9.17) is 0 Å². The SMILES string of the molecule is Cc1cc(C)n(CCCC(=O)N2CCCC[C@@H]2c2ccccn2)n1. The minimum absolute atomic E-state index is 0.140. The molecule has 0 N–H and O–H groups in total. The number of nitrogens with zero attached hydrogens (tertiary/aromatic N) is 4. The van der Waals surface area contributed by atoms with Crippen LogP contribution >= 0.6 is 0 Å². The fourth-order valence-electron chi connectivity index (χ4n) is 3.54. The maximum Gasteiger partial charge on any atom is 0.223 e. The zero-order valence-corrected chi connectivity index (χ0v) is 14.6. The van der Waals surface area contributed by atoms with Crippen LogP contribution < -0.4 is 0 Å². The van der Waals surface area contributed by atoms with Crippen molar-refractivity contribution in [2.24, 2.45) is 0 Å². The average Bonchev–Trinajstić information content (AvgIpc) is 2.93. The lowest BCUT2D eigenvalue weighted by Crippen LogP contribution is -2.38. The Balaban J connectivity index is 1.59. The molecule has 24 heavy (non-hydrogen) atoms. The minimum atomic E-state index is 0.140. The summed E-state index contributed by atoms with van der Waals surface area (Å²) in [5.74, 6) is 0.242. The molecule has 0 saturated carbocycles. The molecule has 0 aliphatic carbocycles. The summed E-state index contributed by atoms with van der Waals surface area (Å²) in [5, 5.41) is 4.46. The first-order chi connectivity index (χ1) is 11.6. The van der Waals surface area contributed by atoms with Crippen LogP contribution in [0.5, 0.6) is 0 Å². The minimum Gasteiger partial charge on any atom is -0.334 e. The van der Waals surface area contributed by atoms with Gasteiger partial charge in [-0.3, -0.25) is 14.5 Å². The van der Waals surface area contributed by atoms with Crippen LogP contribution in [-0.2, 0) is 11.3 Å². The Morgan fingerprint density at radius 1 is 1.29 bits per heavy atom. The highest BCUT2D eigenvalue weighted by molar-refractivity contribution is 5.76. The van der Waals surface area contributed by atoms with Crippen LogP contribution in [0.15, 0.2) is 30.5 Å². The standard InChI is InChI=1S/C19H26N4O/c1-15-14-16(2)23(21-15)13-7-10-19(24)22-12-6-4-9-18(22)17-8-3-5-11-20-17/h3,5,8,11,14,18H,4,6-7,9-10,12-13H2,1-2H3/t18-/m1/s1. The molecule has 1 saturated heterocycles. The van der Waals surface area contributed by atoms with Crippen molar-refractivity contribution < 1.29 is 4.79 Å². The normalized spacial score (nSPS) is 17.9. The molecule has 2 aromatic rings. The maximum absolute atomic E-state index is 12.7. The zero-order chi connectivity index (χ0) is 16.9. The third-order valence-corrected chi connectivity index (χ3v) is 4.72. The maximum atomic E-state index is 12.7. The highest BCUT2D eigenvalue weighted by atomic mass is 16.2. The van der Waals surface area contributed by atoms with Crippen LogP contribution in [0.3, 0.4) is 0 Å². The second kappa shape index (κ2) is 7.60. The molecule has 1 amide bonds. The van der Waals surface area contributed by atoms with Gasteiger partial charge in [-0.15, -0.1) is 0 Å². The molecule has 1 aliphatic heterocycles. The Labute approximate surface area is 143 Å². The number of carbonyl (C=O) groups is 1. The van der Waals surface area contributed by atoms with Crippen molar-refractivity contribution >= 4 is 5.91 Å². The molecule has 128 valence electrons. The number of aryl methyl sites for hydroxylation is 3. The zero-order valence-electron chi connectivity index (χ0n) is 14.6. The fourth-order valence-corrected chi connectivity index (χ4v) is 3.54. The van der Waals surface area contributed by atoms with E-state index in [1.807, 2.05) is 40.9 Å². The number of rotatable bonds is 5. The molecule has 0 bridgehead atoms. The molecule has 1 aliphatic rings. The molecule has 2 aromatic heterocycles. The van der Waals surface area contributed by atoms with Crippen molar-refractivity contribution in [2.75, 3.05) is 6.54 Å². The number of hydrogen-bond acceptors (Lipinski definition) is 3. The van der Waals surface area contributed by atoms with Crippen LogP contribution in [0.4, 0.5) is 0 Å². The summed E-state index contributed by atoms with van der Waals surface area (Å²) >= 11 is 0. The van der Waals surface area contributed by atoms with Crippen molar-refractivity contribution in [1.29, 1.82) is 0 Å². The van der Waals surface area contributed by atoms with Gasteiger partial charge in [0.05, 0.1) is 17.4 Å². The van der Waals surface area contributed by atoms with Gasteiger partial charge >= 0.3 is 0 Å². The number of amides is 1. The third kappa shape index (κ3) is 3.83. The van der Waals surface area contributed by atoms with E-state index in [9.17, 15) is 4.79 Å². The van der Waals surface area contributed by atoms with Crippen LogP contribution in [0, 0.1) is 13.8 Å². The van der Waals surface area contributed by atoms with E-state index in [-0.39, 0.29) is 11.9 Å². The van der Waals surface area contributed by atoms with Gasteiger partial charge in [-0.05, 0) is 57.7 Å². The Kier molecular flexibility index (Phi) is 5.28. The summed E-state index contributed by atoms with van der Waals surface area (Å²) in [6.07, 6.45) is 6.48. The van der Waals surface area contributed by atoms with Gasteiger partial charge in [0.15, 0.2) is 0 Å². The van der Waals surface area contributed by atoms with E-state index < -0.39 is 0 Å². The summed E-state index contributed by atoms with van der Waals surface area (Å²) in [4.78, 5) is 19.2. The Hall–Kier alpha value is -2.17. The smallest absolute Gasteiger partial charge is 0.223 e. The van der Waals surface area contributed by atoms with Gasteiger partial charge in [0, 0.05) is 31.4 Å². The first-order valence-electron chi connectivity index (χ1n) is 8.86. The highest BCUT2D eigenvalue weighted by Crippen LogP contribution is 2.30. The van der Waals surface area contributed by atoms with Gasteiger partial charge in [0.25, 0.3) is 0 Å². The first-order valence-corrected chi connectivity index (χ1v) is 8.86. The molecule has 3 heterocycles. The summed E-state index contributed by atoms with van der Waals surface area (Å²) in [7, 11) is 0. The van der Waals surface area contributed by atoms with E-state index in [0.29, 0.717) is 6.42 Å². The van der Waals surface area contributed by atoms with Gasteiger partial charge in [-0.25, -0.2) is 0 Å². The lowest BCUT2D eigenvalue weighted by molar-refractivity contribution is -0.135. The second-order valence-corrected chi connectivity index (χ2v) is 6.61. The topological polar surface area (TPSA) is 51.0 Å². The highest BCUT2D eigenvalue weighted by Gasteiger charge is 2.28. The number of carbonyl (C=O) groups excluding carboxylic acids is 1. The molecule has 0 aromatic carbocycles. The molecule has 0 spiro atoms. The molecule has 0 unspecified atom stereocenters. The van der Waals surface area contributed by atoms with E-state index in [1.165, 1.54) is 0 Å². The van der Waals surface area contributed by atoms with Crippen molar-refractivity contribution in [3.63, 3.8) is 0 Å². The molecular formula is C19H26N4O. The third-order valence-electron chi connectivity index (χ3n) is 4.72. The van der Waals surface area contributed by atoms with Crippen LogP contribution in [-0.4, -0.2) is 32.1 Å².